The molecule has 2 N–H and O–H groups in total. The highest BCUT2D eigenvalue weighted by Crippen LogP contribution is 2.26. The zero-order chi connectivity index (χ0) is 23.7. The molecule has 1 aromatic rings. The number of esters is 1. The van der Waals surface area contributed by atoms with E-state index in [-0.39, 0.29) is 30.4 Å². The Hall–Kier alpha value is -2.61. The summed E-state index contributed by atoms with van der Waals surface area (Å²) in [7, 11) is 0. The first-order valence-electron chi connectivity index (χ1n) is 11.4. The number of nitrogens with zero attached hydrogens (tertiary/aromatic N) is 1. The molecular formula is C24H36N2O6. The summed E-state index contributed by atoms with van der Waals surface area (Å²) in [6.45, 7) is 7.52. The van der Waals surface area contributed by atoms with Crippen LogP contribution in [0.2, 0.25) is 0 Å². The van der Waals surface area contributed by atoms with Crippen LogP contribution in [-0.2, 0) is 25.5 Å². The lowest BCUT2D eigenvalue weighted by molar-refractivity contribution is -0.177. The Bertz CT molecular complexity index is 754. The van der Waals surface area contributed by atoms with Crippen molar-refractivity contribution in [2.75, 3.05) is 6.73 Å². The average molecular weight is 449 g/mol. The van der Waals surface area contributed by atoms with Gasteiger partial charge in [0.2, 0.25) is 12.2 Å². The van der Waals surface area contributed by atoms with Crippen molar-refractivity contribution >= 4 is 18.0 Å². The highest BCUT2D eigenvalue weighted by molar-refractivity contribution is 5.86. The van der Waals surface area contributed by atoms with Crippen LogP contribution >= 0.6 is 0 Å². The second-order valence-corrected chi connectivity index (χ2v) is 8.58. The summed E-state index contributed by atoms with van der Waals surface area (Å²) in [4.78, 5) is 38.8. The van der Waals surface area contributed by atoms with E-state index >= 15 is 0 Å². The number of amides is 2. The Labute approximate surface area is 190 Å². The van der Waals surface area contributed by atoms with Gasteiger partial charge in [0, 0.05) is 0 Å². The van der Waals surface area contributed by atoms with Gasteiger partial charge < -0.3 is 24.8 Å². The van der Waals surface area contributed by atoms with Crippen LogP contribution in [0.3, 0.4) is 0 Å². The minimum Gasteiger partial charge on any atom is -0.465 e. The number of carboxylic acid groups (broad SMARTS) is 1. The fourth-order valence-corrected chi connectivity index (χ4v) is 3.88. The van der Waals surface area contributed by atoms with Gasteiger partial charge in [-0.05, 0) is 30.7 Å². The lowest BCUT2D eigenvalue weighted by atomic mass is 9.99. The standard InChI is InChI=1S/C24H36N2O6/c1-5-7-13-18(6-2)22(28)32-23-19(14-17-11-9-8-10-12-17)26(15-31-23)21(27)20(16(3)4)25-24(29)30/h8-12,16,18-20,23,25H,5-7,13-15H2,1-4H3,(H,29,30). The van der Waals surface area contributed by atoms with Gasteiger partial charge in [-0.3, -0.25) is 9.59 Å². The normalized spacial score (nSPS) is 20.1. The maximum Gasteiger partial charge on any atom is 0.405 e. The van der Waals surface area contributed by atoms with E-state index in [0.717, 1.165) is 24.8 Å². The Balaban J connectivity index is 2.23. The fraction of sp³-hybridized carbons (Fsp3) is 0.625. The molecule has 0 bridgehead atoms. The second-order valence-electron chi connectivity index (χ2n) is 8.58. The van der Waals surface area contributed by atoms with E-state index in [2.05, 4.69) is 12.2 Å². The Morgan fingerprint density at radius 1 is 1.22 bits per heavy atom. The van der Waals surface area contributed by atoms with Crippen LogP contribution in [-0.4, -0.2) is 53.1 Å². The summed E-state index contributed by atoms with van der Waals surface area (Å²) in [6.07, 6.45) is 1.62. The highest BCUT2D eigenvalue weighted by atomic mass is 16.7. The molecule has 1 aromatic carbocycles. The molecule has 0 spiro atoms. The molecule has 0 radical (unpaired) electrons. The fourth-order valence-electron chi connectivity index (χ4n) is 3.88. The number of rotatable bonds is 11. The van der Waals surface area contributed by atoms with E-state index < -0.39 is 24.5 Å². The number of carbonyl (C=O) groups is 3. The smallest absolute Gasteiger partial charge is 0.405 e. The van der Waals surface area contributed by atoms with Gasteiger partial charge >= 0.3 is 12.1 Å². The molecule has 8 heteroatoms. The average Bonchev–Trinajstić information content (AvgIpc) is 3.14. The van der Waals surface area contributed by atoms with E-state index in [1.807, 2.05) is 37.3 Å². The molecule has 178 valence electrons. The molecule has 1 fully saturated rings. The highest BCUT2D eigenvalue weighted by Gasteiger charge is 2.44. The van der Waals surface area contributed by atoms with Crippen LogP contribution in [0, 0.1) is 11.8 Å². The SMILES string of the molecule is CCCCC(CC)C(=O)OC1OCN(C(=O)C(NC(=O)O)C(C)C)C1Cc1ccccc1. The zero-order valence-electron chi connectivity index (χ0n) is 19.5. The van der Waals surface area contributed by atoms with Crippen molar-refractivity contribution in [2.24, 2.45) is 11.8 Å². The molecule has 0 aromatic heterocycles. The van der Waals surface area contributed by atoms with Crippen LogP contribution in [0.15, 0.2) is 30.3 Å². The summed E-state index contributed by atoms with van der Waals surface area (Å²) in [5.74, 6) is -1.17. The number of unbranched alkanes of at least 4 members (excludes halogenated alkanes) is 1. The summed E-state index contributed by atoms with van der Waals surface area (Å²) in [5, 5.41) is 11.5. The quantitative estimate of drug-likeness (QED) is 0.499. The molecule has 2 amide bonds. The van der Waals surface area contributed by atoms with Crippen LogP contribution in [0.25, 0.3) is 0 Å². The molecular weight excluding hydrogens is 412 g/mol. The third-order valence-electron chi connectivity index (χ3n) is 5.84. The van der Waals surface area contributed by atoms with Gasteiger partial charge in [-0.1, -0.05) is 70.9 Å². The molecule has 4 atom stereocenters. The van der Waals surface area contributed by atoms with Gasteiger partial charge in [0.25, 0.3) is 0 Å². The topological polar surface area (TPSA) is 105 Å². The van der Waals surface area contributed by atoms with Gasteiger partial charge in [0.05, 0.1) is 5.92 Å². The molecule has 1 aliphatic heterocycles. The van der Waals surface area contributed by atoms with Crippen molar-refractivity contribution in [1.82, 2.24) is 10.2 Å². The summed E-state index contributed by atoms with van der Waals surface area (Å²) < 4.78 is 11.5. The van der Waals surface area contributed by atoms with E-state index in [4.69, 9.17) is 9.47 Å². The molecule has 0 saturated carbocycles. The van der Waals surface area contributed by atoms with Gasteiger partial charge in [-0.2, -0.15) is 0 Å². The van der Waals surface area contributed by atoms with Crippen LogP contribution in [0.5, 0.6) is 0 Å². The van der Waals surface area contributed by atoms with E-state index in [1.165, 1.54) is 4.90 Å². The number of ether oxygens (including phenoxy) is 2. The third-order valence-corrected chi connectivity index (χ3v) is 5.84. The second kappa shape index (κ2) is 12.4. The monoisotopic (exact) mass is 448 g/mol. The number of hydrogen-bond donors (Lipinski definition) is 2. The zero-order valence-corrected chi connectivity index (χ0v) is 19.5. The molecule has 4 unspecified atom stereocenters. The van der Waals surface area contributed by atoms with E-state index in [0.29, 0.717) is 12.8 Å². The number of hydrogen-bond acceptors (Lipinski definition) is 5. The number of carbonyl (C=O) groups excluding carboxylic acids is 2. The summed E-state index contributed by atoms with van der Waals surface area (Å²) in [5.41, 5.74) is 0.965. The predicted molar refractivity (Wildman–Crippen MR) is 120 cm³/mol. The van der Waals surface area contributed by atoms with E-state index in [1.54, 1.807) is 13.8 Å². The summed E-state index contributed by atoms with van der Waals surface area (Å²) in [6, 6.07) is 8.11. The first-order valence-corrected chi connectivity index (χ1v) is 11.4. The maximum absolute atomic E-state index is 13.3. The lowest BCUT2D eigenvalue weighted by Gasteiger charge is -2.30. The molecule has 2 rings (SSSR count). The minimum atomic E-state index is -1.26. The van der Waals surface area contributed by atoms with Crippen LogP contribution in [0.1, 0.15) is 58.9 Å². The number of benzene rings is 1. The van der Waals surface area contributed by atoms with Crippen molar-refractivity contribution in [2.45, 2.75) is 78.2 Å². The predicted octanol–water partition coefficient (Wildman–Crippen LogP) is 3.79. The third kappa shape index (κ3) is 6.95. The first-order chi connectivity index (χ1) is 15.3. The maximum atomic E-state index is 13.3. The lowest BCUT2D eigenvalue weighted by Crippen LogP contribution is -2.54. The summed E-state index contributed by atoms with van der Waals surface area (Å²) >= 11 is 0. The van der Waals surface area contributed by atoms with E-state index in [9.17, 15) is 19.5 Å². The van der Waals surface area contributed by atoms with Gasteiger partial charge in [-0.25, -0.2) is 4.79 Å². The van der Waals surface area contributed by atoms with Crippen molar-refractivity contribution in [1.29, 1.82) is 0 Å². The molecule has 1 saturated heterocycles. The first kappa shape index (κ1) is 25.6. The Kier molecular flexibility index (Phi) is 9.97. The van der Waals surface area contributed by atoms with Gasteiger partial charge in [0.15, 0.2) is 0 Å². The van der Waals surface area contributed by atoms with Crippen LogP contribution in [0.4, 0.5) is 4.79 Å². The van der Waals surface area contributed by atoms with Gasteiger partial charge in [0.1, 0.15) is 18.8 Å². The molecule has 0 aliphatic carbocycles. The molecule has 1 heterocycles. The molecule has 1 aliphatic rings. The van der Waals surface area contributed by atoms with Crippen LogP contribution < -0.4 is 5.32 Å². The molecule has 32 heavy (non-hydrogen) atoms. The largest absolute Gasteiger partial charge is 0.465 e. The van der Waals surface area contributed by atoms with Gasteiger partial charge in [-0.15, -0.1) is 0 Å². The van der Waals surface area contributed by atoms with Crippen molar-refractivity contribution in [3.05, 3.63) is 35.9 Å². The Morgan fingerprint density at radius 2 is 1.91 bits per heavy atom. The Morgan fingerprint density at radius 3 is 2.47 bits per heavy atom. The van der Waals surface area contributed by atoms with Crippen molar-refractivity contribution < 1.29 is 29.0 Å². The van der Waals surface area contributed by atoms with Crippen molar-refractivity contribution in [3.8, 4) is 0 Å². The molecule has 8 nitrogen and oxygen atoms in total. The minimum absolute atomic E-state index is 0.0649. The van der Waals surface area contributed by atoms with Crippen molar-refractivity contribution in [3.63, 3.8) is 0 Å². The number of nitrogens with one attached hydrogen (secondary N) is 1.